The molecule has 4 rings (SSSR count). The Morgan fingerprint density at radius 3 is 2.70 bits per heavy atom. The van der Waals surface area contributed by atoms with Gasteiger partial charge in [-0.15, -0.1) is 11.8 Å². The van der Waals surface area contributed by atoms with Crippen molar-refractivity contribution >= 4 is 39.5 Å². The maximum absolute atomic E-state index is 9.15. The largest absolute Gasteiger partial charge is 0.256 e. The number of nitrogens with zero attached hydrogens (tertiary/aromatic N) is 2. The minimum absolute atomic E-state index is 0.672. The van der Waals surface area contributed by atoms with Crippen LogP contribution in [0.4, 0.5) is 0 Å². The van der Waals surface area contributed by atoms with Crippen molar-refractivity contribution in [2.24, 2.45) is 0 Å². The van der Waals surface area contributed by atoms with Crippen molar-refractivity contribution < 1.29 is 0 Å². The fraction of sp³-hybridized carbons (Fsp3) is 0.0833. The lowest BCUT2D eigenvalue weighted by molar-refractivity contribution is 1.16. The Kier molecular flexibility index (Phi) is 4.91. The van der Waals surface area contributed by atoms with Gasteiger partial charge in [0.05, 0.1) is 17.1 Å². The van der Waals surface area contributed by atoms with E-state index in [-0.39, 0.29) is 0 Å². The summed E-state index contributed by atoms with van der Waals surface area (Å²) < 4.78 is 0. The molecule has 1 heterocycles. The minimum Gasteiger partial charge on any atom is -0.256 e. The van der Waals surface area contributed by atoms with Crippen LogP contribution in [-0.4, -0.2) is 10.7 Å². The number of aryl methyl sites for hydroxylation is 1. The van der Waals surface area contributed by atoms with Crippen LogP contribution in [0.3, 0.4) is 0 Å². The number of nitriles is 1. The number of pyridine rings is 1. The molecule has 0 bridgehead atoms. The molecule has 0 N–H and O–H groups in total. The molecule has 130 valence electrons. The molecule has 0 fully saturated rings. The molecule has 0 amide bonds. The second-order valence-electron chi connectivity index (χ2n) is 6.40. The monoisotopic (exact) mass is 366 g/mol. The van der Waals surface area contributed by atoms with Gasteiger partial charge < -0.3 is 0 Å². The van der Waals surface area contributed by atoms with Gasteiger partial charge >= 0.3 is 0 Å². The van der Waals surface area contributed by atoms with Crippen molar-refractivity contribution in [3.8, 4) is 6.07 Å². The van der Waals surface area contributed by atoms with E-state index in [1.165, 1.54) is 21.2 Å². The second-order valence-corrected chi connectivity index (χ2v) is 7.53. The van der Waals surface area contributed by atoms with E-state index in [0.29, 0.717) is 5.56 Å². The van der Waals surface area contributed by atoms with E-state index in [0.717, 1.165) is 28.6 Å². The molecule has 0 atom stereocenters. The predicted octanol–water partition coefficient (Wildman–Crippen LogP) is 6.24. The van der Waals surface area contributed by atoms with Gasteiger partial charge in [0.2, 0.25) is 0 Å². The summed E-state index contributed by atoms with van der Waals surface area (Å²) in [4.78, 5) is 5.58. The van der Waals surface area contributed by atoms with Gasteiger partial charge in [-0.2, -0.15) is 5.26 Å². The Bertz CT molecular complexity index is 1190. The summed E-state index contributed by atoms with van der Waals surface area (Å²) in [6.45, 7) is 3.83. The van der Waals surface area contributed by atoms with Gasteiger partial charge in [0, 0.05) is 22.2 Å². The van der Waals surface area contributed by atoms with E-state index in [1.807, 2.05) is 48.3 Å². The predicted molar refractivity (Wildman–Crippen MR) is 115 cm³/mol. The average Bonchev–Trinajstić information content (AvgIpc) is 2.73. The standard InChI is InChI=1S/C24H18N2S/c1-2-17-3-6-21-14-18(4-7-20(21)13-17)10-12-27-24-9-11-26-23-8-5-19(16-25)15-22(23)24/h2-9,11,13-15H,1,10,12H2. The van der Waals surface area contributed by atoms with E-state index in [4.69, 9.17) is 5.26 Å². The van der Waals surface area contributed by atoms with E-state index < -0.39 is 0 Å². The van der Waals surface area contributed by atoms with Crippen LogP contribution in [0.5, 0.6) is 0 Å². The number of hydrogen-bond acceptors (Lipinski definition) is 3. The van der Waals surface area contributed by atoms with Crippen molar-refractivity contribution in [2.45, 2.75) is 11.3 Å². The quantitative estimate of drug-likeness (QED) is 0.392. The van der Waals surface area contributed by atoms with Gasteiger partial charge in [-0.25, -0.2) is 0 Å². The maximum Gasteiger partial charge on any atom is 0.0991 e. The highest BCUT2D eigenvalue weighted by atomic mass is 32.2. The first-order chi connectivity index (χ1) is 13.3. The molecule has 0 aliphatic rings. The molecule has 0 saturated heterocycles. The normalized spacial score (nSPS) is 10.8. The summed E-state index contributed by atoms with van der Waals surface area (Å²) in [5, 5.41) is 12.7. The second kappa shape index (κ2) is 7.65. The van der Waals surface area contributed by atoms with Crippen LogP contribution in [0.1, 0.15) is 16.7 Å². The molecule has 0 spiro atoms. The van der Waals surface area contributed by atoms with Crippen LogP contribution in [-0.2, 0) is 6.42 Å². The molecule has 27 heavy (non-hydrogen) atoms. The highest BCUT2D eigenvalue weighted by Crippen LogP contribution is 2.28. The molecule has 0 aliphatic heterocycles. The van der Waals surface area contributed by atoms with Gasteiger partial charge in [0.1, 0.15) is 0 Å². The first-order valence-corrected chi connectivity index (χ1v) is 9.82. The number of benzene rings is 3. The molecule has 0 radical (unpaired) electrons. The molecular weight excluding hydrogens is 348 g/mol. The maximum atomic E-state index is 9.15. The highest BCUT2D eigenvalue weighted by molar-refractivity contribution is 7.99. The molecule has 1 aromatic heterocycles. The van der Waals surface area contributed by atoms with Crippen LogP contribution in [0.15, 0.2) is 78.3 Å². The summed E-state index contributed by atoms with van der Waals surface area (Å²) in [6, 6.07) is 23.0. The van der Waals surface area contributed by atoms with Crippen LogP contribution < -0.4 is 0 Å². The molecule has 3 aromatic carbocycles. The van der Waals surface area contributed by atoms with E-state index >= 15 is 0 Å². The van der Waals surface area contributed by atoms with Crippen LogP contribution in [0.25, 0.3) is 27.8 Å². The Balaban J connectivity index is 1.51. The SMILES string of the molecule is C=Cc1ccc2cc(CCSc3ccnc4ccc(C#N)cc34)ccc2c1. The Hall–Kier alpha value is -3.09. The molecule has 0 unspecified atom stereocenters. The number of aromatic nitrogens is 1. The summed E-state index contributed by atoms with van der Waals surface area (Å²) >= 11 is 1.81. The van der Waals surface area contributed by atoms with Gasteiger partial charge in [0.15, 0.2) is 0 Å². The molecule has 3 heteroatoms. The topological polar surface area (TPSA) is 36.7 Å². The lowest BCUT2D eigenvalue weighted by Crippen LogP contribution is -1.90. The van der Waals surface area contributed by atoms with E-state index in [9.17, 15) is 0 Å². The zero-order valence-electron chi connectivity index (χ0n) is 14.9. The molecule has 0 saturated carbocycles. The summed E-state index contributed by atoms with van der Waals surface area (Å²) in [5.41, 5.74) is 4.08. The minimum atomic E-state index is 0.672. The smallest absolute Gasteiger partial charge is 0.0991 e. The fourth-order valence-corrected chi connectivity index (χ4v) is 4.23. The number of rotatable bonds is 5. The lowest BCUT2D eigenvalue weighted by atomic mass is 10.0. The van der Waals surface area contributed by atoms with Gasteiger partial charge in [-0.05, 0) is 58.7 Å². The van der Waals surface area contributed by atoms with Crippen molar-refractivity contribution in [3.05, 3.63) is 90.1 Å². The third-order valence-corrected chi connectivity index (χ3v) is 5.72. The third kappa shape index (κ3) is 3.72. The van der Waals surface area contributed by atoms with Crippen molar-refractivity contribution in [3.63, 3.8) is 0 Å². The zero-order valence-corrected chi connectivity index (χ0v) is 15.7. The van der Waals surface area contributed by atoms with Gasteiger partial charge in [-0.3, -0.25) is 4.98 Å². The van der Waals surface area contributed by atoms with E-state index in [1.54, 1.807) is 0 Å². The molecule has 4 aromatic rings. The van der Waals surface area contributed by atoms with E-state index in [2.05, 4.69) is 54.0 Å². The number of fused-ring (bicyclic) bond motifs is 2. The van der Waals surface area contributed by atoms with Crippen molar-refractivity contribution in [2.75, 3.05) is 5.75 Å². The summed E-state index contributed by atoms with van der Waals surface area (Å²) in [5.74, 6) is 0.978. The van der Waals surface area contributed by atoms with Crippen molar-refractivity contribution in [1.29, 1.82) is 5.26 Å². The van der Waals surface area contributed by atoms with Crippen molar-refractivity contribution in [1.82, 2.24) is 4.98 Å². The summed E-state index contributed by atoms with van der Waals surface area (Å²) in [6.07, 6.45) is 4.70. The Morgan fingerprint density at radius 1 is 1.00 bits per heavy atom. The lowest BCUT2D eigenvalue weighted by Gasteiger charge is -2.07. The van der Waals surface area contributed by atoms with Crippen LogP contribution >= 0.6 is 11.8 Å². The van der Waals surface area contributed by atoms with Crippen LogP contribution in [0, 0.1) is 11.3 Å². The van der Waals surface area contributed by atoms with Crippen LogP contribution in [0.2, 0.25) is 0 Å². The van der Waals surface area contributed by atoms with Gasteiger partial charge in [-0.1, -0.05) is 43.0 Å². The van der Waals surface area contributed by atoms with Gasteiger partial charge in [0.25, 0.3) is 0 Å². The summed E-state index contributed by atoms with van der Waals surface area (Å²) in [7, 11) is 0. The number of hydrogen-bond donors (Lipinski definition) is 0. The number of thioether (sulfide) groups is 1. The Labute approximate surface area is 163 Å². The highest BCUT2D eigenvalue weighted by Gasteiger charge is 2.05. The molecule has 2 nitrogen and oxygen atoms in total. The first kappa shape index (κ1) is 17.3. The molecular formula is C24H18N2S. The fourth-order valence-electron chi connectivity index (χ4n) is 3.19. The first-order valence-electron chi connectivity index (χ1n) is 8.83. The average molecular weight is 366 g/mol. The Morgan fingerprint density at radius 2 is 1.85 bits per heavy atom. The third-order valence-electron chi connectivity index (χ3n) is 4.64. The zero-order chi connectivity index (χ0) is 18.6. The molecule has 0 aliphatic carbocycles.